The van der Waals surface area contributed by atoms with Gasteiger partial charge in [-0.15, -0.1) is 11.3 Å². The molecule has 0 spiro atoms. The molecular formula is C14H17ClN2S. The van der Waals surface area contributed by atoms with Gasteiger partial charge in [0.05, 0.1) is 11.6 Å². The van der Waals surface area contributed by atoms with Gasteiger partial charge in [0.25, 0.3) is 0 Å². The monoisotopic (exact) mass is 280 g/mol. The standard InChI is InChI=1S/C14H17ClN2S/c1-14(2,3)13-17-9-12(18-13)8-16-11-6-4-5-10(15)7-11/h4-7,9,16H,8H2,1-3H3. The zero-order chi connectivity index (χ0) is 13.2. The van der Waals surface area contributed by atoms with Crippen LogP contribution >= 0.6 is 22.9 Å². The van der Waals surface area contributed by atoms with Gasteiger partial charge in [-0.2, -0.15) is 0 Å². The molecule has 0 aliphatic heterocycles. The normalized spacial score (nSPS) is 11.6. The van der Waals surface area contributed by atoms with Gasteiger partial charge in [0, 0.05) is 27.2 Å². The molecular weight excluding hydrogens is 264 g/mol. The molecule has 0 atom stereocenters. The lowest BCUT2D eigenvalue weighted by Gasteiger charge is -2.13. The smallest absolute Gasteiger partial charge is 0.0981 e. The second-order valence-electron chi connectivity index (χ2n) is 5.25. The molecule has 0 amide bonds. The number of thiazole rings is 1. The zero-order valence-corrected chi connectivity index (χ0v) is 12.4. The first-order chi connectivity index (χ1) is 8.45. The number of aromatic nitrogens is 1. The predicted octanol–water partition coefficient (Wildman–Crippen LogP) is 4.71. The van der Waals surface area contributed by atoms with Gasteiger partial charge in [-0.25, -0.2) is 4.98 Å². The first-order valence-corrected chi connectivity index (χ1v) is 7.09. The molecule has 0 saturated carbocycles. The first-order valence-electron chi connectivity index (χ1n) is 5.90. The Bertz CT molecular complexity index is 529. The van der Waals surface area contributed by atoms with Crippen LogP contribution in [0.1, 0.15) is 30.7 Å². The number of benzene rings is 1. The van der Waals surface area contributed by atoms with E-state index in [2.05, 4.69) is 31.1 Å². The van der Waals surface area contributed by atoms with Gasteiger partial charge in [-0.1, -0.05) is 38.4 Å². The molecule has 1 aromatic carbocycles. The van der Waals surface area contributed by atoms with Crippen molar-refractivity contribution in [3.63, 3.8) is 0 Å². The maximum atomic E-state index is 5.94. The fraction of sp³-hybridized carbons (Fsp3) is 0.357. The molecule has 1 aromatic heterocycles. The third-order valence-corrected chi connectivity index (χ3v) is 4.14. The molecule has 0 unspecified atom stereocenters. The Hall–Kier alpha value is -1.06. The summed E-state index contributed by atoms with van der Waals surface area (Å²) in [6.45, 7) is 7.33. The maximum Gasteiger partial charge on any atom is 0.0981 e. The van der Waals surface area contributed by atoms with Crippen LogP contribution in [0.15, 0.2) is 30.5 Å². The average molecular weight is 281 g/mol. The molecule has 0 aliphatic rings. The van der Waals surface area contributed by atoms with Gasteiger partial charge in [-0.05, 0) is 18.2 Å². The summed E-state index contributed by atoms with van der Waals surface area (Å²) in [6, 6.07) is 7.75. The van der Waals surface area contributed by atoms with Crippen LogP contribution in [0.2, 0.25) is 5.02 Å². The molecule has 4 heteroatoms. The molecule has 2 aromatic rings. The number of hydrogen-bond acceptors (Lipinski definition) is 3. The zero-order valence-electron chi connectivity index (χ0n) is 10.8. The van der Waals surface area contributed by atoms with E-state index in [4.69, 9.17) is 11.6 Å². The predicted molar refractivity (Wildman–Crippen MR) is 79.6 cm³/mol. The van der Waals surface area contributed by atoms with Crippen molar-refractivity contribution in [3.05, 3.63) is 45.4 Å². The number of rotatable bonds is 3. The molecule has 96 valence electrons. The number of nitrogens with zero attached hydrogens (tertiary/aromatic N) is 1. The number of nitrogens with one attached hydrogen (secondary N) is 1. The van der Waals surface area contributed by atoms with Crippen molar-refractivity contribution in [1.82, 2.24) is 4.98 Å². The molecule has 1 N–H and O–H groups in total. The molecule has 0 bridgehead atoms. The summed E-state index contributed by atoms with van der Waals surface area (Å²) >= 11 is 7.70. The van der Waals surface area contributed by atoms with Crippen LogP contribution < -0.4 is 5.32 Å². The van der Waals surface area contributed by atoms with Crippen LogP contribution in [0.3, 0.4) is 0 Å². The van der Waals surface area contributed by atoms with Gasteiger partial charge in [0.15, 0.2) is 0 Å². The van der Waals surface area contributed by atoms with Crippen molar-refractivity contribution in [1.29, 1.82) is 0 Å². The SMILES string of the molecule is CC(C)(C)c1ncc(CNc2cccc(Cl)c2)s1. The Balaban J connectivity index is 2.01. The van der Waals surface area contributed by atoms with Gasteiger partial charge in [0.1, 0.15) is 0 Å². The summed E-state index contributed by atoms with van der Waals surface area (Å²) in [5.74, 6) is 0. The van der Waals surface area contributed by atoms with Crippen LogP contribution in [0.4, 0.5) is 5.69 Å². The number of hydrogen-bond donors (Lipinski definition) is 1. The summed E-state index contributed by atoms with van der Waals surface area (Å²) in [7, 11) is 0. The lowest BCUT2D eigenvalue weighted by molar-refractivity contribution is 0.585. The fourth-order valence-electron chi connectivity index (χ4n) is 1.52. The van der Waals surface area contributed by atoms with E-state index in [1.165, 1.54) is 9.88 Å². The molecule has 2 rings (SSSR count). The van der Waals surface area contributed by atoms with Crippen molar-refractivity contribution in [2.75, 3.05) is 5.32 Å². The summed E-state index contributed by atoms with van der Waals surface area (Å²) < 4.78 is 0. The van der Waals surface area contributed by atoms with E-state index in [1.807, 2.05) is 30.5 Å². The van der Waals surface area contributed by atoms with Crippen LogP contribution in [0.5, 0.6) is 0 Å². The van der Waals surface area contributed by atoms with Crippen LogP contribution in [0, 0.1) is 0 Å². The Kier molecular flexibility index (Phi) is 3.93. The van der Waals surface area contributed by atoms with Crippen molar-refractivity contribution < 1.29 is 0 Å². The lowest BCUT2D eigenvalue weighted by Crippen LogP contribution is -2.09. The minimum Gasteiger partial charge on any atom is -0.380 e. The highest BCUT2D eigenvalue weighted by molar-refractivity contribution is 7.11. The number of anilines is 1. The third kappa shape index (κ3) is 3.47. The second-order valence-corrected chi connectivity index (χ2v) is 6.80. The van der Waals surface area contributed by atoms with E-state index < -0.39 is 0 Å². The summed E-state index contributed by atoms with van der Waals surface area (Å²) in [5, 5.41) is 5.27. The van der Waals surface area contributed by atoms with Crippen molar-refractivity contribution >= 4 is 28.6 Å². The van der Waals surface area contributed by atoms with Crippen LogP contribution in [-0.4, -0.2) is 4.98 Å². The Labute approximate surface area is 117 Å². The van der Waals surface area contributed by atoms with E-state index in [-0.39, 0.29) is 5.41 Å². The van der Waals surface area contributed by atoms with Gasteiger partial charge < -0.3 is 5.32 Å². The molecule has 0 fully saturated rings. The largest absolute Gasteiger partial charge is 0.380 e. The minimum atomic E-state index is 0.124. The molecule has 0 radical (unpaired) electrons. The topological polar surface area (TPSA) is 24.9 Å². The summed E-state index contributed by atoms with van der Waals surface area (Å²) in [4.78, 5) is 5.71. The average Bonchev–Trinajstić information content (AvgIpc) is 2.74. The highest BCUT2D eigenvalue weighted by atomic mass is 35.5. The minimum absolute atomic E-state index is 0.124. The quantitative estimate of drug-likeness (QED) is 0.881. The summed E-state index contributed by atoms with van der Waals surface area (Å²) in [5.41, 5.74) is 1.16. The maximum absolute atomic E-state index is 5.94. The van der Waals surface area contributed by atoms with Gasteiger partial charge >= 0.3 is 0 Å². The van der Waals surface area contributed by atoms with E-state index in [1.54, 1.807) is 11.3 Å². The second kappa shape index (κ2) is 5.29. The van der Waals surface area contributed by atoms with Crippen molar-refractivity contribution in [3.8, 4) is 0 Å². The van der Waals surface area contributed by atoms with Gasteiger partial charge in [-0.3, -0.25) is 0 Å². The van der Waals surface area contributed by atoms with Crippen LogP contribution in [0.25, 0.3) is 0 Å². The molecule has 2 nitrogen and oxygen atoms in total. The van der Waals surface area contributed by atoms with E-state index in [0.717, 1.165) is 17.3 Å². The molecule has 0 aliphatic carbocycles. The molecule has 0 saturated heterocycles. The Morgan fingerprint density at radius 1 is 1.33 bits per heavy atom. The Morgan fingerprint density at radius 2 is 2.11 bits per heavy atom. The highest BCUT2D eigenvalue weighted by Crippen LogP contribution is 2.27. The van der Waals surface area contributed by atoms with Gasteiger partial charge in [0.2, 0.25) is 0 Å². The first kappa shape index (κ1) is 13.4. The van der Waals surface area contributed by atoms with Crippen molar-refractivity contribution in [2.45, 2.75) is 32.7 Å². The summed E-state index contributed by atoms with van der Waals surface area (Å²) in [6.07, 6.45) is 1.95. The molecule has 18 heavy (non-hydrogen) atoms. The van der Waals surface area contributed by atoms with E-state index >= 15 is 0 Å². The molecule has 1 heterocycles. The lowest BCUT2D eigenvalue weighted by atomic mass is 9.98. The van der Waals surface area contributed by atoms with E-state index in [9.17, 15) is 0 Å². The number of halogens is 1. The Morgan fingerprint density at radius 3 is 2.72 bits per heavy atom. The van der Waals surface area contributed by atoms with Crippen LogP contribution in [-0.2, 0) is 12.0 Å². The fourth-order valence-corrected chi connectivity index (χ4v) is 2.62. The highest BCUT2D eigenvalue weighted by Gasteiger charge is 2.17. The third-order valence-electron chi connectivity index (χ3n) is 2.49. The van der Waals surface area contributed by atoms with E-state index in [0.29, 0.717) is 0 Å². The van der Waals surface area contributed by atoms with Crippen molar-refractivity contribution in [2.24, 2.45) is 0 Å².